The van der Waals surface area contributed by atoms with Gasteiger partial charge in [0, 0.05) is 6.42 Å². The molecule has 0 aromatic carbocycles. The number of halogens is 3. The lowest BCUT2D eigenvalue weighted by Gasteiger charge is -2.06. The van der Waals surface area contributed by atoms with Crippen LogP contribution in [0.5, 0.6) is 0 Å². The summed E-state index contributed by atoms with van der Waals surface area (Å²) >= 11 is 1.49. The molecule has 2 nitrogen and oxygen atoms in total. The molecule has 0 aliphatic rings. The van der Waals surface area contributed by atoms with Crippen molar-refractivity contribution in [2.75, 3.05) is 18.1 Å². The van der Waals surface area contributed by atoms with Crippen LogP contribution in [-0.2, 0) is 9.53 Å². The van der Waals surface area contributed by atoms with Gasteiger partial charge in [0.25, 0.3) is 0 Å². The highest BCUT2D eigenvalue weighted by atomic mass is 32.2. The average Bonchev–Trinajstić information content (AvgIpc) is 2.31. The second-order valence-corrected chi connectivity index (χ2v) is 5.51. The first-order chi connectivity index (χ1) is 8.95. The standard InChI is InChI=1S/C13H23F3O2S/c1-2-3-9-18-12(17)11-19-10-7-5-4-6-8-13(14,15)16/h2-11H2,1H3. The van der Waals surface area contributed by atoms with Crippen molar-refractivity contribution >= 4 is 17.7 Å². The summed E-state index contributed by atoms with van der Waals surface area (Å²) in [6.07, 6.45) is -0.401. The van der Waals surface area contributed by atoms with Gasteiger partial charge in [0.05, 0.1) is 12.4 Å². The molecule has 6 heteroatoms. The van der Waals surface area contributed by atoms with Crippen LogP contribution in [0.15, 0.2) is 0 Å². The highest BCUT2D eigenvalue weighted by Crippen LogP contribution is 2.23. The van der Waals surface area contributed by atoms with Crippen LogP contribution in [0, 0.1) is 0 Å². The lowest BCUT2D eigenvalue weighted by atomic mass is 10.1. The summed E-state index contributed by atoms with van der Waals surface area (Å²) in [7, 11) is 0. The van der Waals surface area contributed by atoms with E-state index in [4.69, 9.17) is 4.74 Å². The number of rotatable bonds is 11. The minimum atomic E-state index is -4.03. The predicted octanol–water partition coefficient (Wildman–Crippen LogP) is 4.58. The predicted molar refractivity (Wildman–Crippen MR) is 72.3 cm³/mol. The van der Waals surface area contributed by atoms with E-state index in [-0.39, 0.29) is 12.4 Å². The molecule has 0 aliphatic carbocycles. The zero-order valence-corrected chi connectivity index (χ0v) is 12.2. The summed E-state index contributed by atoms with van der Waals surface area (Å²) in [6, 6.07) is 0. The summed E-state index contributed by atoms with van der Waals surface area (Å²) in [5, 5.41) is 0. The van der Waals surface area contributed by atoms with E-state index < -0.39 is 12.6 Å². The Morgan fingerprint density at radius 2 is 1.79 bits per heavy atom. The molecule has 0 saturated carbocycles. The van der Waals surface area contributed by atoms with E-state index >= 15 is 0 Å². The molecular weight excluding hydrogens is 277 g/mol. The molecule has 0 N–H and O–H groups in total. The molecule has 114 valence electrons. The molecule has 0 spiro atoms. The minimum Gasteiger partial charge on any atom is -0.465 e. The summed E-state index contributed by atoms with van der Waals surface area (Å²) in [5.74, 6) is 0.941. The molecule has 0 aromatic rings. The molecule has 0 amide bonds. The Balaban J connectivity index is 3.20. The van der Waals surface area contributed by atoms with Gasteiger partial charge in [-0.2, -0.15) is 24.9 Å². The van der Waals surface area contributed by atoms with Crippen LogP contribution < -0.4 is 0 Å². The molecule has 19 heavy (non-hydrogen) atoms. The number of esters is 1. The number of carbonyl (C=O) groups is 1. The fourth-order valence-electron chi connectivity index (χ4n) is 1.41. The van der Waals surface area contributed by atoms with E-state index in [2.05, 4.69) is 0 Å². The van der Waals surface area contributed by atoms with Crippen molar-refractivity contribution in [3.63, 3.8) is 0 Å². The number of ether oxygens (including phenoxy) is 1. The fourth-order valence-corrected chi connectivity index (χ4v) is 2.21. The maximum Gasteiger partial charge on any atom is 0.389 e. The van der Waals surface area contributed by atoms with Gasteiger partial charge in [-0.05, 0) is 25.0 Å². The summed E-state index contributed by atoms with van der Waals surface area (Å²) in [4.78, 5) is 11.2. The third-order valence-electron chi connectivity index (χ3n) is 2.48. The zero-order valence-electron chi connectivity index (χ0n) is 11.4. The van der Waals surface area contributed by atoms with Gasteiger partial charge >= 0.3 is 12.1 Å². The Kier molecular flexibility index (Phi) is 11.2. The molecule has 0 radical (unpaired) electrons. The number of carbonyl (C=O) groups excluding carboxylic acids is 1. The Hall–Kier alpha value is -0.390. The highest BCUT2D eigenvalue weighted by molar-refractivity contribution is 7.99. The highest BCUT2D eigenvalue weighted by Gasteiger charge is 2.25. The van der Waals surface area contributed by atoms with E-state index in [1.807, 2.05) is 6.92 Å². The number of hydrogen-bond acceptors (Lipinski definition) is 3. The van der Waals surface area contributed by atoms with Crippen LogP contribution in [0.25, 0.3) is 0 Å². The normalized spacial score (nSPS) is 11.6. The Morgan fingerprint density at radius 1 is 1.11 bits per heavy atom. The quantitative estimate of drug-likeness (QED) is 0.413. The van der Waals surface area contributed by atoms with Gasteiger partial charge in [-0.25, -0.2) is 0 Å². The SMILES string of the molecule is CCCCOC(=O)CSCCCCCCC(F)(F)F. The van der Waals surface area contributed by atoms with Gasteiger partial charge in [-0.1, -0.05) is 26.2 Å². The molecule has 0 heterocycles. The lowest BCUT2D eigenvalue weighted by Crippen LogP contribution is -2.08. The van der Waals surface area contributed by atoms with E-state index in [1.54, 1.807) is 0 Å². The van der Waals surface area contributed by atoms with Gasteiger partial charge in [0.15, 0.2) is 0 Å². The molecule has 0 unspecified atom stereocenters. The van der Waals surface area contributed by atoms with Crippen LogP contribution in [0.4, 0.5) is 13.2 Å². The summed E-state index contributed by atoms with van der Waals surface area (Å²) in [6.45, 7) is 2.51. The molecule has 0 rings (SSSR count). The second kappa shape index (κ2) is 11.4. The molecular formula is C13H23F3O2S. The van der Waals surface area contributed by atoms with Crippen molar-refractivity contribution in [1.29, 1.82) is 0 Å². The van der Waals surface area contributed by atoms with E-state index in [0.29, 0.717) is 18.8 Å². The third kappa shape index (κ3) is 15.6. The van der Waals surface area contributed by atoms with E-state index in [9.17, 15) is 18.0 Å². The van der Waals surface area contributed by atoms with Crippen molar-refractivity contribution in [2.24, 2.45) is 0 Å². The molecule has 0 saturated heterocycles. The molecule has 0 aliphatic heterocycles. The lowest BCUT2D eigenvalue weighted by molar-refractivity contribution is -0.140. The Labute approximate surface area is 117 Å². The molecule has 0 fully saturated rings. The summed E-state index contributed by atoms with van der Waals surface area (Å²) < 4.78 is 40.5. The first-order valence-corrected chi connectivity index (χ1v) is 7.91. The van der Waals surface area contributed by atoms with Gasteiger partial charge in [0.1, 0.15) is 0 Å². The molecule has 0 aromatic heterocycles. The first-order valence-electron chi connectivity index (χ1n) is 6.76. The maximum atomic E-state index is 11.8. The second-order valence-electron chi connectivity index (χ2n) is 4.41. The van der Waals surface area contributed by atoms with Crippen molar-refractivity contribution in [2.45, 2.75) is 58.0 Å². The maximum absolute atomic E-state index is 11.8. The van der Waals surface area contributed by atoms with Crippen LogP contribution in [0.2, 0.25) is 0 Å². The summed E-state index contributed by atoms with van der Waals surface area (Å²) in [5.41, 5.74) is 0. The number of alkyl halides is 3. The molecule has 0 bridgehead atoms. The van der Waals surface area contributed by atoms with Crippen LogP contribution in [-0.4, -0.2) is 30.3 Å². The topological polar surface area (TPSA) is 26.3 Å². The molecule has 0 atom stereocenters. The van der Waals surface area contributed by atoms with Crippen molar-refractivity contribution in [3.05, 3.63) is 0 Å². The van der Waals surface area contributed by atoms with Crippen LogP contribution in [0.3, 0.4) is 0 Å². The first kappa shape index (κ1) is 18.6. The Bertz CT molecular complexity index is 232. The smallest absolute Gasteiger partial charge is 0.389 e. The monoisotopic (exact) mass is 300 g/mol. The number of hydrogen-bond donors (Lipinski definition) is 0. The minimum absolute atomic E-state index is 0.199. The van der Waals surface area contributed by atoms with Gasteiger partial charge < -0.3 is 4.74 Å². The van der Waals surface area contributed by atoms with E-state index in [0.717, 1.165) is 31.4 Å². The van der Waals surface area contributed by atoms with Gasteiger partial charge in [-0.15, -0.1) is 0 Å². The van der Waals surface area contributed by atoms with Crippen molar-refractivity contribution in [3.8, 4) is 0 Å². The van der Waals surface area contributed by atoms with Crippen molar-refractivity contribution in [1.82, 2.24) is 0 Å². The zero-order chi connectivity index (χ0) is 14.6. The Morgan fingerprint density at radius 3 is 2.42 bits per heavy atom. The average molecular weight is 300 g/mol. The largest absolute Gasteiger partial charge is 0.465 e. The van der Waals surface area contributed by atoms with E-state index in [1.165, 1.54) is 11.8 Å². The third-order valence-corrected chi connectivity index (χ3v) is 3.50. The number of unbranched alkanes of at least 4 members (excludes halogenated alkanes) is 4. The van der Waals surface area contributed by atoms with Crippen LogP contribution >= 0.6 is 11.8 Å². The van der Waals surface area contributed by atoms with Gasteiger partial charge in [-0.3, -0.25) is 4.79 Å². The van der Waals surface area contributed by atoms with Gasteiger partial charge in [0.2, 0.25) is 0 Å². The number of thioether (sulfide) groups is 1. The van der Waals surface area contributed by atoms with Crippen molar-refractivity contribution < 1.29 is 22.7 Å². The van der Waals surface area contributed by atoms with Crippen LogP contribution in [0.1, 0.15) is 51.9 Å². The fraction of sp³-hybridized carbons (Fsp3) is 0.923.